The normalized spacial score (nSPS) is 15.3. The summed E-state index contributed by atoms with van der Waals surface area (Å²) in [4.78, 5) is 12.7. The maximum atomic E-state index is 12.7. The Bertz CT molecular complexity index is 589. The molecule has 0 fully saturated rings. The van der Waals surface area contributed by atoms with Crippen molar-refractivity contribution in [3.8, 4) is 5.75 Å². The van der Waals surface area contributed by atoms with E-state index in [1.807, 2.05) is 44.2 Å². The van der Waals surface area contributed by atoms with Crippen molar-refractivity contribution in [3.05, 3.63) is 30.3 Å². The largest absolute Gasteiger partial charge is 0.493 e. The molecule has 31 heavy (non-hydrogen) atoms. The van der Waals surface area contributed by atoms with Gasteiger partial charge >= 0.3 is 5.97 Å². The molecule has 0 bridgehead atoms. The van der Waals surface area contributed by atoms with E-state index in [1.165, 1.54) is 0 Å². The molecule has 0 saturated carbocycles. The SMILES string of the molecule is CCCCC(CC)C(=O)OCC(CC)(COc1ccccc1)COC(C)OCC(C)C. The number of carbonyl (C=O) groups excluding carboxylic acids is 1. The highest BCUT2D eigenvalue weighted by atomic mass is 16.7. The summed E-state index contributed by atoms with van der Waals surface area (Å²) in [5, 5.41) is 0. The summed E-state index contributed by atoms with van der Waals surface area (Å²) < 4.78 is 23.7. The molecule has 0 aliphatic carbocycles. The molecule has 5 heteroatoms. The maximum Gasteiger partial charge on any atom is 0.308 e. The van der Waals surface area contributed by atoms with Crippen LogP contribution >= 0.6 is 0 Å². The van der Waals surface area contributed by atoms with Crippen LogP contribution in [0.5, 0.6) is 5.75 Å². The fourth-order valence-corrected chi connectivity index (χ4v) is 3.14. The third-order valence-corrected chi connectivity index (χ3v) is 5.58. The van der Waals surface area contributed by atoms with Crippen LogP contribution in [-0.2, 0) is 19.0 Å². The minimum atomic E-state index is -0.440. The Hall–Kier alpha value is -1.59. The Morgan fingerprint density at radius 1 is 0.968 bits per heavy atom. The van der Waals surface area contributed by atoms with Crippen LogP contribution in [0.25, 0.3) is 0 Å². The van der Waals surface area contributed by atoms with Crippen molar-refractivity contribution in [1.82, 2.24) is 0 Å². The molecule has 0 N–H and O–H groups in total. The molecule has 0 aliphatic heterocycles. The lowest BCUT2D eigenvalue weighted by atomic mass is 9.87. The number of hydrogen-bond donors (Lipinski definition) is 0. The van der Waals surface area contributed by atoms with Crippen LogP contribution in [0.2, 0.25) is 0 Å². The topological polar surface area (TPSA) is 54.0 Å². The third kappa shape index (κ3) is 11.0. The summed E-state index contributed by atoms with van der Waals surface area (Å²) in [7, 11) is 0. The first kappa shape index (κ1) is 27.4. The van der Waals surface area contributed by atoms with E-state index >= 15 is 0 Å². The molecule has 3 atom stereocenters. The fourth-order valence-electron chi connectivity index (χ4n) is 3.14. The minimum Gasteiger partial charge on any atom is -0.493 e. The number of ether oxygens (including phenoxy) is 4. The summed E-state index contributed by atoms with van der Waals surface area (Å²) in [5.74, 6) is 1.08. The van der Waals surface area contributed by atoms with Gasteiger partial charge in [-0.2, -0.15) is 0 Å². The van der Waals surface area contributed by atoms with Gasteiger partial charge in [0.25, 0.3) is 0 Å². The third-order valence-electron chi connectivity index (χ3n) is 5.58. The predicted octanol–water partition coefficient (Wildman–Crippen LogP) is 6.26. The number of para-hydroxylation sites is 1. The highest BCUT2D eigenvalue weighted by molar-refractivity contribution is 5.72. The van der Waals surface area contributed by atoms with E-state index in [2.05, 4.69) is 27.7 Å². The molecule has 1 rings (SSSR count). The minimum absolute atomic E-state index is 0.0428. The van der Waals surface area contributed by atoms with Crippen molar-refractivity contribution in [2.45, 2.75) is 79.9 Å². The lowest BCUT2D eigenvalue weighted by Crippen LogP contribution is -2.40. The van der Waals surface area contributed by atoms with Crippen LogP contribution in [0, 0.1) is 17.3 Å². The van der Waals surface area contributed by atoms with E-state index in [-0.39, 0.29) is 24.8 Å². The monoisotopic (exact) mass is 436 g/mol. The number of unbranched alkanes of at least 4 members (excludes halogenated alkanes) is 1. The zero-order valence-corrected chi connectivity index (χ0v) is 20.5. The van der Waals surface area contributed by atoms with Gasteiger partial charge in [-0.25, -0.2) is 0 Å². The number of benzene rings is 1. The van der Waals surface area contributed by atoms with Gasteiger partial charge in [-0.15, -0.1) is 0 Å². The van der Waals surface area contributed by atoms with Crippen molar-refractivity contribution >= 4 is 5.97 Å². The molecule has 0 aromatic heterocycles. The second-order valence-corrected chi connectivity index (χ2v) is 8.92. The van der Waals surface area contributed by atoms with E-state index in [9.17, 15) is 4.79 Å². The van der Waals surface area contributed by atoms with E-state index in [0.717, 1.165) is 37.9 Å². The Balaban J connectivity index is 2.79. The molecule has 1 aromatic carbocycles. The van der Waals surface area contributed by atoms with Gasteiger partial charge in [0.15, 0.2) is 6.29 Å². The first-order chi connectivity index (χ1) is 14.9. The summed E-state index contributed by atoms with van der Waals surface area (Å²) in [6.45, 7) is 14.1. The van der Waals surface area contributed by atoms with Gasteiger partial charge in [0.2, 0.25) is 0 Å². The quantitative estimate of drug-likeness (QED) is 0.213. The van der Waals surface area contributed by atoms with Gasteiger partial charge in [0, 0.05) is 0 Å². The second kappa shape index (κ2) is 15.3. The summed E-state index contributed by atoms with van der Waals surface area (Å²) in [6, 6.07) is 9.71. The molecule has 1 aromatic rings. The second-order valence-electron chi connectivity index (χ2n) is 8.92. The number of hydrogen-bond acceptors (Lipinski definition) is 5. The van der Waals surface area contributed by atoms with Gasteiger partial charge in [0.1, 0.15) is 12.4 Å². The zero-order chi connectivity index (χ0) is 23.1. The highest BCUT2D eigenvalue weighted by Crippen LogP contribution is 2.27. The van der Waals surface area contributed by atoms with E-state index in [1.54, 1.807) is 0 Å². The molecule has 0 spiro atoms. The van der Waals surface area contributed by atoms with Crippen molar-refractivity contribution < 1.29 is 23.7 Å². The first-order valence-electron chi connectivity index (χ1n) is 11.9. The molecule has 0 saturated heterocycles. The molecule has 3 unspecified atom stereocenters. The zero-order valence-electron chi connectivity index (χ0n) is 20.5. The molecule has 5 nitrogen and oxygen atoms in total. The van der Waals surface area contributed by atoms with Gasteiger partial charge in [-0.3, -0.25) is 4.79 Å². The number of rotatable bonds is 17. The number of carbonyl (C=O) groups is 1. The van der Waals surface area contributed by atoms with Crippen LogP contribution in [-0.4, -0.2) is 38.7 Å². The molecular weight excluding hydrogens is 392 g/mol. The van der Waals surface area contributed by atoms with Crippen molar-refractivity contribution in [1.29, 1.82) is 0 Å². The van der Waals surface area contributed by atoms with Gasteiger partial charge in [0.05, 0.1) is 31.2 Å². The maximum absolute atomic E-state index is 12.7. The smallest absolute Gasteiger partial charge is 0.308 e. The lowest BCUT2D eigenvalue weighted by molar-refractivity contribution is -0.174. The molecule has 0 radical (unpaired) electrons. The van der Waals surface area contributed by atoms with Crippen LogP contribution < -0.4 is 4.74 Å². The number of esters is 1. The molecule has 0 amide bonds. The molecule has 0 aliphatic rings. The Morgan fingerprint density at radius 2 is 1.68 bits per heavy atom. The van der Waals surface area contributed by atoms with Crippen LogP contribution in [0.15, 0.2) is 30.3 Å². The lowest BCUT2D eigenvalue weighted by Gasteiger charge is -2.33. The van der Waals surface area contributed by atoms with Crippen molar-refractivity contribution in [2.24, 2.45) is 17.3 Å². The summed E-state index contributed by atoms with van der Waals surface area (Å²) >= 11 is 0. The van der Waals surface area contributed by atoms with Gasteiger partial charge in [-0.05, 0) is 44.2 Å². The van der Waals surface area contributed by atoms with Gasteiger partial charge < -0.3 is 18.9 Å². The standard InChI is InChI=1S/C26H44O5/c1-7-10-14-23(8-2)25(27)31-20-26(9-3,18-29-22(6)28-17-21(4)5)19-30-24-15-12-11-13-16-24/h11-13,15-16,21-23H,7-10,14,17-20H2,1-6H3. The summed E-state index contributed by atoms with van der Waals surface area (Å²) in [5.41, 5.74) is -0.440. The average Bonchev–Trinajstić information content (AvgIpc) is 2.78. The van der Waals surface area contributed by atoms with Crippen LogP contribution in [0.4, 0.5) is 0 Å². The Kier molecular flexibility index (Phi) is 13.5. The van der Waals surface area contributed by atoms with E-state index < -0.39 is 5.41 Å². The van der Waals surface area contributed by atoms with Gasteiger partial charge in [-0.1, -0.05) is 65.7 Å². The highest BCUT2D eigenvalue weighted by Gasteiger charge is 2.34. The van der Waals surface area contributed by atoms with E-state index in [0.29, 0.717) is 25.7 Å². The van der Waals surface area contributed by atoms with Crippen LogP contribution in [0.3, 0.4) is 0 Å². The molecular formula is C26H44O5. The molecule has 178 valence electrons. The molecule has 0 heterocycles. The fraction of sp³-hybridized carbons (Fsp3) is 0.731. The van der Waals surface area contributed by atoms with Crippen molar-refractivity contribution in [2.75, 3.05) is 26.4 Å². The van der Waals surface area contributed by atoms with E-state index in [4.69, 9.17) is 18.9 Å². The Morgan fingerprint density at radius 3 is 2.26 bits per heavy atom. The van der Waals surface area contributed by atoms with Crippen LogP contribution in [0.1, 0.15) is 73.6 Å². The predicted molar refractivity (Wildman–Crippen MR) is 125 cm³/mol. The average molecular weight is 437 g/mol. The first-order valence-corrected chi connectivity index (χ1v) is 11.9. The van der Waals surface area contributed by atoms with Crippen molar-refractivity contribution in [3.63, 3.8) is 0 Å². The Labute approximate surface area is 189 Å². The summed E-state index contributed by atoms with van der Waals surface area (Å²) in [6.07, 6.45) is 4.23.